The lowest BCUT2D eigenvalue weighted by molar-refractivity contribution is -0.152. The quantitative estimate of drug-likeness (QED) is 0.882. The van der Waals surface area contributed by atoms with Crippen molar-refractivity contribution < 1.29 is 9.59 Å². The number of benzene rings is 1. The van der Waals surface area contributed by atoms with Crippen molar-refractivity contribution in [2.45, 2.75) is 32.5 Å². The van der Waals surface area contributed by atoms with E-state index in [1.54, 1.807) is 11.8 Å². The van der Waals surface area contributed by atoms with Gasteiger partial charge in [-0.05, 0) is 26.0 Å². The molecule has 3 heterocycles. The molecule has 2 fully saturated rings. The fraction of sp³-hybridized carbons (Fsp3) is 0.421. The number of aromatic nitrogens is 2. The highest BCUT2D eigenvalue weighted by atomic mass is 16.2. The molecule has 0 unspecified atom stereocenters. The molecule has 26 heavy (non-hydrogen) atoms. The molecule has 0 spiro atoms. The number of aryl methyl sites for hydroxylation is 1. The molecule has 1 N–H and O–H groups in total. The molecule has 0 radical (unpaired) electrons. The highest BCUT2D eigenvalue weighted by Gasteiger charge is 2.41. The number of fused-ring (bicyclic) bond motifs is 1. The zero-order valence-corrected chi connectivity index (χ0v) is 15.1. The van der Waals surface area contributed by atoms with Gasteiger partial charge in [-0.25, -0.2) is 4.68 Å². The third kappa shape index (κ3) is 3.10. The molecule has 1 aromatic heterocycles. The molecule has 2 aliphatic rings. The van der Waals surface area contributed by atoms with Crippen LogP contribution in [0.15, 0.2) is 36.7 Å². The van der Waals surface area contributed by atoms with Crippen molar-refractivity contribution in [2.75, 3.05) is 19.6 Å². The number of nitrogens with zero attached hydrogens (tertiary/aromatic N) is 4. The first-order chi connectivity index (χ1) is 12.5. The molecule has 2 saturated heterocycles. The molecule has 7 nitrogen and oxygen atoms in total. The molecule has 0 saturated carbocycles. The maximum absolute atomic E-state index is 12.3. The van der Waals surface area contributed by atoms with Crippen LogP contribution < -0.4 is 5.32 Å². The predicted molar refractivity (Wildman–Crippen MR) is 96.7 cm³/mol. The summed E-state index contributed by atoms with van der Waals surface area (Å²) in [6.45, 7) is 6.42. The normalized spacial score (nSPS) is 23.7. The van der Waals surface area contributed by atoms with Gasteiger partial charge in [0.25, 0.3) is 0 Å². The summed E-state index contributed by atoms with van der Waals surface area (Å²) in [5.74, 6) is -0.0430. The molecule has 0 bridgehead atoms. The molecular weight excluding hydrogens is 330 g/mol. The summed E-state index contributed by atoms with van der Waals surface area (Å²) in [5.41, 5.74) is 3.33. The molecule has 136 valence electrons. The van der Waals surface area contributed by atoms with Crippen LogP contribution in [0.25, 0.3) is 5.69 Å². The van der Waals surface area contributed by atoms with Gasteiger partial charge in [-0.1, -0.05) is 17.7 Å². The summed E-state index contributed by atoms with van der Waals surface area (Å²) in [6, 6.07) is 7.41. The van der Waals surface area contributed by atoms with Gasteiger partial charge < -0.3 is 10.2 Å². The molecule has 2 amide bonds. The second-order valence-electron chi connectivity index (χ2n) is 7.14. The van der Waals surface area contributed by atoms with Crippen LogP contribution in [0.4, 0.5) is 0 Å². The maximum Gasteiger partial charge on any atom is 0.245 e. The largest absolute Gasteiger partial charge is 0.343 e. The lowest BCUT2D eigenvalue weighted by Crippen LogP contribution is -2.68. The zero-order chi connectivity index (χ0) is 18.3. The second-order valence-corrected chi connectivity index (χ2v) is 7.14. The number of piperazine rings is 2. The van der Waals surface area contributed by atoms with Crippen LogP contribution in [0.2, 0.25) is 0 Å². The van der Waals surface area contributed by atoms with Crippen molar-refractivity contribution in [3.8, 4) is 5.69 Å². The van der Waals surface area contributed by atoms with Crippen molar-refractivity contribution in [1.29, 1.82) is 0 Å². The summed E-state index contributed by atoms with van der Waals surface area (Å²) < 4.78 is 1.86. The van der Waals surface area contributed by atoms with Gasteiger partial charge in [0, 0.05) is 37.9 Å². The van der Waals surface area contributed by atoms with Crippen LogP contribution in [-0.2, 0) is 16.1 Å². The van der Waals surface area contributed by atoms with Crippen molar-refractivity contribution in [1.82, 2.24) is 24.9 Å². The van der Waals surface area contributed by atoms with Gasteiger partial charge in [0.1, 0.15) is 12.1 Å². The maximum atomic E-state index is 12.3. The Labute approximate surface area is 152 Å². The van der Waals surface area contributed by atoms with Gasteiger partial charge >= 0.3 is 0 Å². The smallest absolute Gasteiger partial charge is 0.245 e. The Bertz CT molecular complexity index is 829. The van der Waals surface area contributed by atoms with Crippen molar-refractivity contribution in [3.05, 3.63) is 47.8 Å². The lowest BCUT2D eigenvalue weighted by atomic mass is 10.0. The standard InChI is InChI=1S/C19H23N5O2/c1-13-3-5-16(6-4-13)24-11-15(9-20-24)10-22-7-8-23-17(12-22)18(25)21-14(2)19(23)26/h3-6,9,11,14,17H,7-8,10,12H2,1-2H3,(H,21,25)/t14-,17-/m1/s1. The molecule has 2 aliphatic heterocycles. The second kappa shape index (κ2) is 6.57. The Kier molecular flexibility index (Phi) is 4.24. The number of carbonyl (C=O) groups is 2. The van der Waals surface area contributed by atoms with Gasteiger partial charge in [0.15, 0.2) is 0 Å². The summed E-state index contributed by atoms with van der Waals surface area (Å²) in [7, 11) is 0. The third-order valence-electron chi connectivity index (χ3n) is 5.12. The third-order valence-corrected chi connectivity index (χ3v) is 5.12. The SMILES string of the molecule is Cc1ccc(-n2cc(CN3CCN4C(=O)[C@@H](C)NC(=O)[C@H]4C3)cn2)cc1. The van der Waals surface area contributed by atoms with Crippen molar-refractivity contribution >= 4 is 11.8 Å². The van der Waals surface area contributed by atoms with Crippen molar-refractivity contribution in [2.24, 2.45) is 0 Å². The highest BCUT2D eigenvalue weighted by molar-refractivity contribution is 5.97. The van der Waals surface area contributed by atoms with E-state index < -0.39 is 6.04 Å². The fourth-order valence-electron chi connectivity index (χ4n) is 3.63. The summed E-state index contributed by atoms with van der Waals surface area (Å²) in [4.78, 5) is 28.4. The Morgan fingerprint density at radius 3 is 2.73 bits per heavy atom. The molecule has 4 rings (SSSR count). The number of hydrogen-bond donors (Lipinski definition) is 1. The molecule has 2 atom stereocenters. The molecule has 0 aliphatic carbocycles. The molecule has 2 aromatic rings. The van der Waals surface area contributed by atoms with Gasteiger partial charge in [-0.2, -0.15) is 5.10 Å². The Morgan fingerprint density at radius 1 is 1.19 bits per heavy atom. The monoisotopic (exact) mass is 353 g/mol. The van der Waals surface area contributed by atoms with E-state index in [1.807, 2.05) is 29.2 Å². The minimum Gasteiger partial charge on any atom is -0.343 e. The zero-order valence-electron chi connectivity index (χ0n) is 15.1. The Balaban J connectivity index is 1.43. The van der Waals surface area contributed by atoms with Gasteiger partial charge in [0.05, 0.1) is 11.9 Å². The van der Waals surface area contributed by atoms with Gasteiger partial charge in [-0.15, -0.1) is 0 Å². The van der Waals surface area contributed by atoms with E-state index in [-0.39, 0.29) is 17.9 Å². The first-order valence-corrected chi connectivity index (χ1v) is 8.95. The van der Waals surface area contributed by atoms with Crippen LogP contribution >= 0.6 is 0 Å². The fourth-order valence-corrected chi connectivity index (χ4v) is 3.63. The molecular formula is C19H23N5O2. The van der Waals surface area contributed by atoms with Gasteiger partial charge in [-0.3, -0.25) is 14.5 Å². The van der Waals surface area contributed by atoms with Crippen LogP contribution in [0.3, 0.4) is 0 Å². The van der Waals surface area contributed by atoms with Crippen LogP contribution in [0.5, 0.6) is 0 Å². The molecule has 1 aromatic carbocycles. The summed E-state index contributed by atoms with van der Waals surface area (Å²) >= 11 is 0. The number of carbonyl (C=O) groups excluding carboxylic acids is 2. The number of rotatable bonds is 3. The average Bonchev–Trinajstić information content (AvgIpc) is 3.09. The van der Waals surface area contributed by atoms with Crippen LogP contribution in [-0.4, -0.2) is 63.1 Å². The summed E-state index contributed by atoms with van der Waals surface area (Å²) in [5, 5.41) is 7.22. The lowest BCUT2D eigenvalue weighted by Gasteiger charge is -2.44. The van der Waals surface area contributed by atoms with E-state index in [0.717, 1.165) is 17.8 Å². The van der Waals surface area contributed by atoms with E-state index in [9.17, 15) is 9.59 Å². The van der Waals surface area contributed by atoms with Crippen LogP contribution in [0, 0.1) is 6.92 Å². The van der Waals surface area contributed by atoms with E-state index in [0.29, 0.717) is 19.6 Å². The van der Waals surface area contributed by atoms with E-state index in [4.69, 9.17) is 0 Å². The topological polar surface area (TPSA) is 70.5 Å². The van der Waals surface area contributed by atoms with Crippen molar-refractivity contribution in [3.63, 3.8) is 0 Å². The van der Waals surface area contributed by atoms with E-state index in [2.05, 4.69) is 34.4 Å². The minimum absolute atomic E-state index is 0.0152. The Hall–Kier alpha value is -2.67. The number of nitrogens with one attached hydrogen (secondary N) is 1. The van der Waals surface area contributed by atoms with Gasteiger partial charge in [0.2, 0.25) is 11.8 Å². The first-order valence-electron chi connectivity index (χ1n) is 8.95. The summed E-state index contributed by atoms with van der Waals surface area (Å²) in [6.07, 6.45) is 3.88. The highest BCUT2D eigenvalue weighted by Crippen LogP contribution is 2.18. The molecule has 7 heteroatoms. The van der Waals surface area contributed by atoms with E-state index >= 15 is 0 Å². The van der Waals surface area contributed by atoms with E-state index in [1.165, 1.54) is 5.56 Å². The Morgan fingerprint density at radius 2 is 1.96 bits per heavy atom. The van der Waals surface area contributed by atoms with Crippen LogP contribution in [0.1, 0.15) is 18.1 Å². The average molecular weight is 353 g/mol. The first kappa shape index (κ1) is 16.8. The number of amides is 2. The predicted octanol–water partition coefficient (Wildman–Crippen LogP) is 0.712. The minimum atomic E-state index is -0.418. The number of hydrogen-bond acceptors (Lipinski definition) is 4.